The second kappa shape index (κ2) is 5.80. The number of esters is 1. The van der Waals surface area contributed by atoms with Crippen LogP contribution in [0.15, 0.2) is 30.3 Å². The minimum absolute atomic E-state index is 0.158. The molecule has 0 unspecified atom stereocenters. The summed E-state index contributed by atoms with van der Waals surface area (Å²) in [7, 11) is 0. The van der Waals surface area contributed by atoms with Gasteiger partial charge in [0.05, 0.1) is 13.0 Å². The van der Waals surface area contributed by atoms with E-state index in [9.17, 15) is 9.59 Å². The molecule has 18 heavy (non-hydrogen) atoms. The highest BCUT2D eigenvalue weighted by Crippen LogP contribution is 2.37. The molecule has 1 fully saturated rings. The number of benzene rings is 1. The van der Waals surface area contributed by atoms with E-state index in [0.29, 0.717) is 13.0 Å². The van der Waals surface area contributed by atoms with Gasteiger partial charge in [0.25, 0.3) is 0 Å². The zero-order chi connectivity index (χ0) is 13.0. The molecule has 2 rings (SSSR count). The summed E-state index contributed by atoms with van der Waals surface area (Å²) >= 11 is 0. The van der Waals surface area contributed by atoms with Crippen LogP contribution in [0.5, 0.6) is 0 Å². The molecule has 0 radical (unpaired) electrons. The van der Waals surface area contributed by atoms with Crippen molar-refractivity contribution in [3.05, 3.63) is 35.9 Å². The Kier molecular flexibility index (Phi) is 4.13. The van der Waals surface area contributed by atoms with E-state index in [1.165, 1.54) is 5.56 Å². The van der Waals surface area contributed by atoms with Crippen molar-refractivity contribution in [3.8, 4) is 0 Å². The van der Waals surface area contributed by atoms with Crippen LogP contribution in [-0.2, 0) is 14.3 Å². The third-order valence-corrected chi connectivity index (χ3v) is 3.46. The van der Waals surface area contributed by atoms with Gasteiger partial charge in [-0.1, -0.05) is 30.3 Å². The fourth-order valence-corrected chi connectivity index (χ4v) is 2.57. The molecule has 0 amide bonds. The van der Waals surface area contributed by atoms with Gasteiger partial charge < -0.3 is 4.74 Å². The molecule has 1 saturated carbocycles. The van der Waals surface area contributed by atoms with Crippen LogP contribution in [0.2, 0.25) is 0 Å². The fourth-order valence-electron chi connectivity index (χ4n) is 2.57. The van der Waals surface area contributed by atoms with Crippen LogP contribution in [0, 0.1) is 5.92 Å². The summed E-state index contributed by atoms with van der Waals surface area (Å²) in [5.41, 5.74) is 1.19. The Morgan fingerprint density at radius 3 is 2.72 bits per heavy atom. The van der Waals surface area contributed by atoms with Gasteiger partial charge in [0.15, 0.2) is 0 Å². The van der Waals surface area contributed by atoms with Crippen molar-refractivity contribution in [2.45, 2.75) is 32.1 Å². The Balaban J connectivity index is 1.97. The zero-order valence-electron chi connectivity index (χ0n) is 10.6. The Morgan fingerprint density at radius 1 is 1.33 bits per heavy atom. The van der Waals surface area contributed by atoms with Gasteiger partial charge in [0.1, 0.15) is 5.78 Å². The lowest BCUT2D eigenvalue weighted by Crippen LogP contribution is -2.14. The van der Waals surface area contributed by atoms with Gasteiger partial charge in [-0.25, -0.2) is 0 Å². The van der Waals surface area contributed by atoms with Crippen LogP contribution < -0.4 is 0 Å². The van der Waals surface area contributed by atoms with Gasteiger partial charge >= 0.3 is 5.97 Å². The molecule has 1 aliphatic rings. The van der Waals surface area contributed by atoms with Gasteiger partial charge in [-0.05, 0) is 24.8 Å². The Bertz CT molecular complexity index is 425. The molecular weight excluding hydrogens is 228 g/mol. The smallest absolute Gasteiger partial charge is 0.306 e. The number of ketones is 1. The standard InChI is InChI=1S/C15H18O3/c1-2-18-15(17)10-13-8-12(9-14(13)16)11-6-4-3-5-7-11/h3-7,12-13H,2,8-10H2,1H3/t12-,13+/m1/s1. The monoisotopic (exact) mass is 246 g/mol. The lowest BCUT2D eigenvalue weighted by Gasteiger charge is -2.10. The Labute approximate surface area is 107 Å². The summed E-state index contributed by atoms with van der Waals surface area (Å²) in [4.78, 5) is 23.3. The summed E-state index contributed by atoms with van der Waals surface area (Å²) in [6, 6.07) is 10.0. The van der Waals surface area contributed by atoms with Gasteiger partial charge in [-0.3, -0.25) is 9.59 Å². The van der Waals surface area contributed by atoms with Crippen molar-refractivity contribution in [1.82, 2.24) is 0 Å². The van der Waals surface area contributed by atoms with Gasteiger partial charge in [0.2, 0.25) is 0 Å². The average Bonchev–Trinajstić information content (AvgIpc) is 2.72. The lowest BCUT2D eigenvalue weighted by atomic mass is 9.95. The molecule has 3 heteroatoms. The van der Waals surface area contributed by atoms with Gasteiger partial charge in [-0.2, -0.15) is 0 Å². The maximum Gasteiger partial charge on any atom is 0.306 e. The van der Waals surface area contributed by atoms with E-state index in [0.717, 1.165) is 6.42 Å². The number of ether oxygens (including phenoxy) is 1. The molecule has 0 heterocycles. The molecular formula is C15H18O3. The van der Waals surface area contributed by atoms with Crippen molar-refractivity contribution >= 4 is 11.8 Å². The number of carbonyl (C=O) groups excluding carboxylic acids is 2. The van der Waals surface area contributed by atoms with E-state index in [1.807, 2.05) is 30.3 Å². The molecule has 2 atom stereocenters. The molecule has 96 valence electrons. The quantitative estimate of drug-likeness (QED) is 0.767. The number of hydrogen-bond donors (Lipinski definition) is 0. The molecule has 0 N–H and O–H groups in total. The van der Waals surface area contributed by atoms with Crippen LogP contribution in [0.4, 0.5) is 0 Å². The first-order valence-corrected chi connectivity index (χ1v) is 6.44. The zero-order valence-corrected chi connectivity index (χ0v) is 10.6. The summed E-state index contributed by atoms with van der Waals surface area (Å²) < 4.78 is 4.90. The highest BCUT2D eigenvalue weighted by Gasteiger charge is 2.34. The molecule has 0 aliphatic heterocycles. The van der Waals surface area contributed by atoms with Crippen molar-refractivity contribution < 1.29 is 14.3 Å². The number of Topliss-reactive ketones (excluding diaryl/α,β-unsaturated/α-hetero) is 1. The first-order chi connectivity index (χ1) is 8.70. The second-order valence-corrected chi connectivity index (χ2v) is 4.72. The normalized spacial score (nSPS) is 23.1. The van der Waals surface area contributed by atoms with Crippen molar-refractivity contribution in [1.29, 1.82) is 0 Å². The predicted octanol–water partition coefficient (Wildman–Crippen LogP) is 2.70. The summed E-state index contributed by atoms with van der Waals surface area (Å²) in [6.07, 6.45) is 1.55. The van der Waals surface area contributed by atoms with Gasteiger partial charge in [0, 0.05) is 12.3 Å². The first-order valence-electron chi connectivity index (χ1n) is 6.44. The van der Waals surface area contributed by atoms with Crippen LogP contribution in [0.25, 0.3) is 0 Å². The van der Waals surface area contributed by atoms with E-state index < -0.39 is 0 Å². The van der Waals surface area contributed by atoms with E-state index in [1.54, 1.807) is 6.92 Å². The predicted molar refractivity (Wildman–Crippen MR) is 68.2 cm³/mol. The highest BCUT2D eigenvalue weighted by molar-refractivity contribution is 5.88. The number of hydrogen-bond acceptors (Lipinski definition) is 3. The minimum atomic E-state index is -0.260. The van der Waals surface area contributed by atoms with E-state index >= 15 is 0 Å². The number of carbonyl (C=O) groups is 2. The first kappa shape index (κ1) is 12.8. The Morgan fingerprint density at radius 2 is 2.06 bits per heavy atom. The van der Waals surface area contributed by atoms with Gasteiger partial charge in [-0.15, -0.1) is 0 Å². The molecule has 3 nitrogen and oxygen atoms in total. The third-order valence-electron chi connectivity index (χ3n) is 3.46. The van der Waals surface area contributed by atoms with Crippen LogP contribution in [0.1, 0.15) is 37.7 Å². The fraction of sp³-hybridized carbons (Fsp3) is 0.467. The van der Waals surface area contributed by atoms with Crippen molar-refractivity contribution in [3.63, 3.8) is 0 Å². The molecule has 1 aromatic rings. The molecule has 0 bridgehead atoms. The maximum atomic E-state index is 11.9. The third kappa shape index (κ3) is 2.97. The number of rotatable bonds is 4. The second-order valence-electron chi connectivity index (χ2n) is 4.72. The summed E-state index contributed by atoms with van der Waals surface area (Å²) in [5.74, 6) is 0.0360. The Hall–Kier alpha value is -1.64. The van der Waals surface area contributed by atoms with Crippen molar-refractivity contribution in [2.75, 3.05) is 6.61 Å². The molecule has 0 saturated heterocycles. The minimum Gasteiger partial charge on any atom is -0.466 e. The van der Waals surface area contributed by atoms with Crippen molar-refractivity contribution in [2.24, 2.45) is 5.92 Å². The average molecular weight is 246 g/mol. The van der Waals surface area contributed by atoms with Crippen LogP contribution >= 0.6 is 0 Å². The van der Waals surface area contributed by atoms with E-state index in [-0.39, 0.29) is 30.0 Å². The molecule has 0 spiro atoms. The van der Waals surface area contributed by atoms with E-state index in [4.69, 9.17) is 4.74 Å². The molecule has 1 aliphatic carbocycles. The summed E-state index contributed by atoms with van der Waals surface area (Å²) in [6.45, 7) is 2.16. The highest BCUT2D eigenvalue weighted by atomic mass is 16.5. The molecule has 1 aromatic carbocycles. The maximum absolute atomic E-state index is 11.9. The van der Waals surface area contributed by atoms with E-state index in [2.05, 4.69) is 0 Å². The van der Waals surface area contributed by atoms with Crippen LogP contribution in [-0.4, -0.2) is 18.4 Å². The largest absolute Gasteiger partial charge is 0.466 e. The summed E-state index contributed by atoms with van der Waals surface area (Å²) in [5, 5.41) is 0. The lowest BCUT2D eigenvalue weighted by molar-refractivity contribution is -0.145. The SMILES string of the molecule is CCOC(=O)C[C@@H]1C[C@@H](c2ccccc2)CC1=O. The molecule has 0 aromatic heterocycles. The van der Waals surface area contributed by atoms with Crippen LogP contribution in [0.3, 0.4) is 0 Å². The topological polar surface area (TPSA) is 43.4 Å².